The van der Waals surface area contributed by atoms with Crippen LogP contribution in [0.3, 0.4) is 0 Å². The average molecular weight is 343 g/mol. The van der Waals surface area contributed by atoms with Gasteiger partial charge >= 0.3 is 0 Å². The van der Waals surface area contributed by atoms with Gasteiger partial charge in [0.25, 0.3) is 0 Å². The molecule has 0 saturated heterocycles. The molecule has 1 N–H and O–H groups in total. The van der Waals surface area contributed by atoms with Crippen LogP contribution in [-0.4, -0.2) is 16.7 Å². The van der Waals surface area contributed by atoms with E-state index >= 15 is 0 Å². The summed E-state index contributed by atoms with van der Waals surface area (Å²) in [5.74, 6) is 0. The highest BCUT2D eigenvalue weighted by atomic mass is 14.9. The quantitative estimate of drug-likeness (QED) is 0.889. The Morgan fingerprint density at radius 2 is 1.81 bits per heavy atom. The van der Waals surface area contributed by atoms with Crippen molar-refractivity contribution in [3.63, 3.8) is 0 Å². The molecule has 2 aliphatic heterocycles. The fourth-order valence-electron chi connectivity index (χ4n) is 4.69. The second-order valence-electron chi connectivity index (χ2n) is 7.51. The molecule has 132 valence electrons. The van der Waals surface area contributed by atoms with Gasteiger partial charge in [-0.3, -0.25) is 9.98 Å². The maximum absolute atomic E-state index is 4.57. The topological polar surface area (TPSA) is 37.3 Å². The van der Waals surface area contributed by atoms with E-state index in [0.29, 0.717) is 6.04 Å². The first-order valence-corrected chi connectivity index (χ1v) is 9.27. The molecule has 0 aliphatic carbocycles. The van der Waals surface area contributed by atoms with Crippen LogP contribution in [0.4, 0.5) is 0 Å². The maximum Gasteiger partial charge on any atom is 0.0335 e. The summed E-state index contributed by atoms with van der Waals surface area (Å²) >= 11 is 0. The van der Waals surface area contributed by atoms with E-state index in [2.05, 4.69) is 83.9 Å². The molecule has 0 radical (unpaired) electrons. The molecule has 2 aliphatic rings. The number of nitrogens with zero attached hydrogens (tertiary/aromatic N) is 2. The summed E-state index contributed by atoms with van der Waals surface area (Å²) in [5.41, 5.74) is 3.39. The molecule has 3 atom stereocenters. The largest absolute Gasteiger partial charge is 0.389 e. The van der Waals surface area contributed by atoms with Crippen LogP contribution in [0.15, 0.2) is 84.4 Å². The number of aliphatic imine (C=N–C) groups is 1. The number of benzene rings is 1. The third-order valence-electron chi connectivity index (χ3n) is 5.83. The van der Waals surface area contributed by atoms with Crippen molar-refractivity contribution in [2.45, 2.75) is 43.6 Å². The van der Waals surface area contributed by atoms with Crippen LogP contribution in [0.5, 0.6) is 0 Å². The van der Waals surface area contributed by atoms with Gasteiger partial charge in [0.1, 0.15) is 0 Å². The first-order chi connectivity index (χ1) is 12.7. The molecule has 1 aromatic carbocycles. The van der Waals surface area contributed by atoms with E-state index in [1.165, 1.54) is 16.8 Å². The normalized spacial score (nSPS) is 30.5. The van der Waals surface area contributed by atoms with Crippen LogP contribution in [0.1, 0.15) is 37.8 Å². The molecule has 3 nitrogen and oxygen atoms in total. The van der Waals surface area contributed by atoms with Gasteiger partial charge in [-0.05, 0) is 50.1 Å². The minimum absolute atomic E-state index is 0.180. The zero-order valence-electron chi connectivity index (χ0n) is 15.4. The lowest BCUT2D eigenvalue weighted by Gasteiger charge is -2.52. The van der Waals surface area contributed by atoms with Crippen molar-refractivity contribution in [1.29, 1.82) is 0 Å². The summed E-state index contributed by atoms with van der Waals surface area (Å²) in [5, 5.41) is 3.47. The Morgan fingerprint density at radius 3 is 2.50 bits per heavy atom. The van der Waals surface area contributed by atoms with Gasteiger partial charge < -0.3 is 5.32 Å². The molecule has 26 heavy (non-hydrogen) atoms. The minimum Gasteiger partial charge on any atom is -0.389 e. The van der Waals surface area contributed by atoms with E-state index in [1.54, 1.807) is 0 Å². The molecule has 3 heterocycles. The summed E-state index contributed by atoms with van der Waals surface area (Å²) in [6.07, 6.45) is 14.6. The second kappa shape index (κ2) is 6.56. The fourth-order valence-corrected chi connectivity index (χ4v) is 4.69. The molecule has 4 rings (SSSR count). The van der Waals surface area contributed by atoms with E-state index < -0.39 is 0 Å². The lowest BCUT2D eigenvalue weighted by atomic mass is 9.52. The van der Waals surface area contributed by atoms with E-state index in [1.807, 2.05) is 24.7 Å². The SMILES string of the molecule is CC1=NC=CC(c2ccccc2)([C@@]2(c3cccnc3)C=CNC(C)C2)C1. The monoisotopic (exact) mass is 343 g/mol. The smallest absolute Gasteiger partial charge is 0.0335 e. The molecule has 0 bridgehead atoms. The van der Waals surface area contributed by atoms with Gasteiger partial charge in [0.05, 0.1) is 0 Å². The van der Waals surface area contributed by atoms with Crippen molar-refractivity contribution in [3.8, 4) is 0 Å². The summed E-state index contributed by atoms with van der Waals surface area (Å²) in [6.45, 7) is 4.38. The number of allylic oxidation sites excluding steroid dienone is 2. The number of hydrogen-bond donors (Lipinski definition) is 1. The van der Waals surface area contributed by atoms with Gasteiger partial charge in [-0.2, -0.15) is 0 Å². The standard InChI is InChI=1S/C23H25N3/c1-18-15-22(10-13-25-18,20-7-4-3-5-8-20)23(11-14-26-19(2)16-23)21-9-6-12-24-17-21/h3-14,17,19,26H,15-16H2,1-2H3/t19?,22?,23-/m0/s1. The molecule has 3 heteroatoms. The van der Waals surface area contributed by atoms with Gasteiger partial charge in [0.15, 0.2) is 0 Å². The van der Waals surface area contributed by atoms with Crippen molar-refractivity contribution in [2.24, 2.45) is 4.99 Å². The lowest BCUT2D eigenvalue weighted by Crippen LogP contribution is -2.53. The Kier molecular flexibility index (Phi) is 4.23. The molecule has 0 spiro atoms. The number of hydrogen-bond acceptors (Lipinski definition) is 3. The Labute approximate surface area is 155 Å². The van der Waals surface area contributed by atoms with E-state index in [9.17, 15) is 0 Å². The van der Waals surface area contributed by atoms with E-state index in [0.717, 1.165) is 12.8 Å². The van der Waals surface area contributed by atoms with Crippen LogP contribution in [0.2, 0.25) is 0 Å². The van der Waals surface area contributed by atoms with Crippen LogP contribution in [0.25, 0.3) is 0 Å². The molecular formula is C23H25N3. The zero-order chi connectivity index (χ0) is 18.0. The molecule has 1 aromatic heterocycles. The highest BCUT2D eigenvalue weighted by molar-refractivity contribution is 5.86. The van der Waals surface area contributed by atoms with Crippen LogP contribution < -0.4 is 5.32 Å². The Balaban J connectivity index is 2.00. The van der Waals surface area contributed by atoms with E-state index in [4.69, 9.17) is 0 Å². The average Bonchev–Trinajstić information content (AvgIpc) is 2.69. The van der Waals surface area contributed by atoms with Crippen LogP contribution in [-0.2, 0) is 10.8 Å². The van der Waals surface area contributed by atoms with Gasteiger partial charge in [-0.25, -0.2) is 0 Å². The third kappa shape index (κ3) is 2.59. The van der Waals surface area contributed by atoms with Crippen molar-refractivity contribution >= 4 is 5.71 Å². The summed E-state index contributed by atoms with van der Waals surface area (Å²) in [4.78, 5) is 9.03. The summed E-state index contributed by atoms with van der Waals surface area (Å²) in [6, 6.07) is 15.5. The first kappa shape index (κ1) is 16.8. The minimum atomic E-state index is -0.185. The summed E-state index contributed by atoms with van der Waals surface area (Å²) < 4.78 is 0. The Hall–Kier alpha value is -2.68. The predicted octanol–water partition coefficient (Wildman–Crippen LogP) is 4.53. The molecule has 0 amide bonds. The molecule has 0 saturated carbocycles. The van der Waals surface area contributed by atoms with Gasteiger partial charge in [-0.15, -0.1) is 0 Å². The number of aromatic nitrogens is 1. The number of rotatable bonds is 3. The third-order valence-corrected chi connectivity index (χ3v) is 5.83. The van der Waals surface area contributed by atoms with E-state index in [-0.39, 0.29) is 10.8 Å². The van der Waals surface area contributed by atoms with Crippen LogP contribution >= 0.6 is 0 Å². The van der Waals surface area contributed by atoms with Crippen molar-refractivity contribution in [2.75, 3.05) is 0 Å². The first-order valence-electron chi connectivity index (χ1n) is 9.27. The van der Waals surface area contributed by atoms with Gasteiger partial charge in [0.2, 0.25) is 0 Å². The maximum atomic E-state index is 4.57. The molecular weight excluding hydrogens is 318 g/mol. The molecule has 2 aromatic rings. The highest BCUT2D eigenvalue weighted by Crippen LogP contribution is 2.53. The predicted molar refractivity (Wildman–Crippen MR) is 107 cm³/mol. The zero-order valence-corrected chi connectivity index (χ0v) is 15.4. The van der Waals surface area contributed by atoms with Crippen molar-refractivity contribution in [3.05, 3.63) is 90.5 Å². The lowest BCUT2D eigenvalue weighted by molar-refractivity contribution is 0.273. The highest BCUT2D eigenvalue weighted by Gasteiger charge is 2.52. The van der Waals surface area contributed by atoms with Gasteiger partial charge in [-0.1, -0.05) is 48.6 Å². The fraction of sp³-hybridized carbons (Fsp3) is 0.304. The van der Waals surface area contributed by atoms with Crippen molar-refractivity contribution in [1.82, 2.24) is 10.3 Å². The number of nitrogens with one attached hydrogen (secondary N) is 1. The Morgan fingerprint density at radius 1 is 1.00 bits per heavy atom. The molecule has 0 fully saturated rings. The Bertz CT molecular complexity index is 814. The number of pyridine rings is 1. The van der Waals surface area contributed by atoms with Gasteiger partial charge in [0, 0.05) is 41.2 Å². The van der Waals surface area contributed by atoms with Crippen molar-refractivity contribution < 1.29 is 0 Å². The second-order valence-corrected chi connectivity index (χ2v) is 7.51. The summed E-state index contributed by atoms with van der Waals surface area (Å²) in [7, 11) is 0. The van der Waals surface area contributed by atoms with Crippen LogP contribution in [0, 0.1) is 0 Å². The molecule has 2 unspecified atom stereocenters.